The minimum Gasteiger partial charge on any atom is -0.462 e. The smallest absolute Gasteiger partial charge is 0.309 e. The van der Waals surface area contributed by atoms with Crippen LogP contribution in [0.15, 0.2) is 182 Å². The van der Waals surface area contributed by atoms with Gasteiger partial charge >= 0.3 is 17.9 Å². The fourth-order valence-corrected chi connectivity index (χ4v) is 8.22. The Labute approximate surface area is 497 Å². The van der Waals surface area contributed by atoms with E-state index in [1.165, 1.54) is 70.6 Å². The minimum absolute atomic E-state index is 0.111. The van der Waals surface area contributed by atoms with E-state index in [0.29, 0.717) is 12.8 Å². The largest absolute Gasteiger partial charge is 0.462 e. The second-order valence-corrected chi connectivity index (χ2v) is 20.5. The van der Waals surface area contributed by atoms with Gasteiger partial charge in [-0.2, -0.15) is 0 Å². The predicted octanol–water partition coefficient (Wildman–Crippen LogP) is 22.4. The van der Waals surface area contributed by atoms with E-state index in [0.717, 1.165) is 135 Å². The Hall–Kier alpha value is -5.49. The Morgan fingerprint density at radius 1 is 0.259 bits per heavy atom. The quantitative estimate of drug-likeness (QED) is 0.0261. The van der Waals surface area contributed by atoms with Gasteiger partial charge in [-0.15, -0.1) is 0 Å². The molecule has 0 aromatic heterocycles. The molecular weight excluding hydrogens is 997 g/mol. The van der Waals surface area contributed by atoms with Crippen LogP contribution in [0.5, 0.6) is 0 Å². The fourth-order valence-electron chi connectivity index (χ4n) is 8.22. The number of hydrogen-bond acceptors (Lipinski definition) is 6. The van der Waals surface area contributed by atoms with Crippen molar-refractivity contribution in [2.75, 3.05) is 13.2 Å². The summed E-state index contributed by atoms with van der Waals surface area (Å²) in [5.41, 5.74) is 0. The lowest BCUT2D eigenvalue weighted by Crippen LogP contribution is -2.30. The summed E-state index contributed by atoms with van der Waals surface area (Å²) in [4.78, 5) is 38.3. The molecule has 0 spiro atoms. The zero-order valence-corrected chi connectivity index (χ0v) is 51.7. The average Bonchev–Trinajstić information content (AvgIpc) is 3.47. The first-order chi connectivity index (χ1) is 40.0. The summed E-state index contributed by atoms with van der Waals surface area (Å²) in [7, 11) is 0. The summed E-state index contributed by atoms with van der Waals surface area (Å²) in [6.45, 7) is 6.17. The number of carbonyl (C=O) groups excluding carboxylic acids is 3. The molecule has 0 rings (SSSR count). The number of esters is 3. The van der Waals surface area contributed by atoms with E-state index >= 15 is 0 Å². The highest BCUT2D eigenvalue weighted by Crippen LogP contribution is 2.15. The molecule has 0 amide bonds. The van der Waals surface area contributed by atoms with Gasteiger partial charge in [-0.25, -0.2) is 0 Å². The van der Waals surface area contributed by atoms with E-state index in [9.17, 15) is 14.4 Å². The lowest BCUT2D eigenvalue weighted by Gasteiger charge is -2.18. The van der Waals surface area contributed by atoms with Crippen LogP contribution < -0.4 is 0 Å². The maximum absolute atomic E-state index is 12.9. The van der Waals surface area contributed by atoms with Crippen molar-refractivity contribution in [3.8, 4) is 0 Å². The van der Waals surface area contributed by atoms with Gasteiger partial charge < -0.3 is 14.2 Å². The maximum atomic E-state index is 12.9. The van der Waals surface area contributed by atoms with Gasteiger partial charge in [0.2, 0.25) is 0 Å². The highest BCUT2D eigenvalue weighted by Gasteiger charge is 2.19. The van der Waals surface area contributed by atoms with E-state index in [-0.39, 0.29) is 38.0 Å². The second kappa shape index (κ2) is 67.0. The standard InChI is InChI=1S/C75H116O6/c1-4-7-10-13-16-19-22-25-28-30-32-33-34-35-36-37-38-39-40-41-43-44-47-50-53-56-59-62-65-68-74(77)80-71-72(70-79-73(76)67-64-61-58-55-52-49-46-27-24-21-18-15-12-9-6-3)81-75(78)69-66-63-60-57-54-51-48-45-42-31-29-26-23-20-17-14-11-8-5-2/h7-12,16-21,25-29,32-33,35-36,42,45-46,51-52,54-55,61,64,72H,4-6,13-15,22-24,30-31,34,37-41,43-44,47-50,53,56-60,62-63,65-71H2,1-3H3/b10-7-,11-8-,12-9-,19-16-,20-17-,21-18-,28-25-,29-26-,33-32-,36-35-,45-42-,46-27-,54-51-,55-52-,64-61-. The topological polar surface area (TPSA) is 78.9 Å². The summed E-state index contributed by atoms with van der Waals surface area (Å²) in [6.07, 6.45) is 101. The molecule has 0 fully saturated rings. The van der Waals surface area contributed by atoms with Crippen LogP contribution >= 0.6 is 0 Å². The van der Waals surface area contributed by atoms with E-state index in [1.807, 2.05) is 6.08 Å². The highest BCUT2D eigenvalue weighted by molar-refractivity contribution is 5.72. The van der Waals surface area contributed by atoms with Crippen LogP contribution in [0.3, 0.4) is 0 Å². The molecule has 0 aromatic carbocycles. The fraction of sp³-hybridized carbons (Fsp3) is 0.560. The number of ether oxygens (including phenoxy) is 3. The zero-order valence-electron chi connectivity index (χ0n) is 51.7. The molecule has 81 heavy (non-hydrogen) atoms. The Balaban J connectivity index is 4.44. The van der Waals surface area contributed by atoms with Crippen LogP contribution in [-0.4, -0.2) is 37.2 Å². The summed E-state index contributed by atoms with van der Waals surface area (Å²) >= 11 is 0. The molecule has 0 saturated carbocycles. The van der Waals surface area contributed by atoms with E-state index in [4.69, 9.17) is 14.2 Å². The van der Waals surface area contributed by atoms with Crippen molar-refractivity contribution < 1.29 is 28.6 Å². The normalized spacial score (nSPS) is 13.4. The Morgan fingerprint density at radius 2 is 0.494 bits per heavy atom. The van der Waals surface area contributed by atoms with Gasteiger partial charge in [0.15, 0.2) is 6.10 Å². The zero-order chi connectivity index (χ0) is 58.5. The Kier molecular flexibility index (Phi) is 62.5. The SMILES string of the molecule is CC/C=C\C/C=C\C/C=C\C/C=C\C/C=C\CCCCCCCCCCCCCCCC(=O)OCC(COC(=O)C/C=C\C/C=C\C/C=C\C/C=C\C/C=C\CC)OC(=O)CCCCC/C=C\C/C=C\C/C=C\C/C=C\C/C=C\CC. The number of unbranched alkanes of at least 4 members (excludes halogenated alkanes) is 16. The van der Waals surface area contributed by atoms with Crippen molar-refractivity contribution in [2.24, 2.45) is 0 Å². The molecule has 0 aromatic rings. The first kappa shape index (κ1) is 75.5. The number of allylic oxidation sites excluding steroid dienone is 29. The van der Waals surface area contributed by atoms with Crippen LogP contribution in [0.1, 0.15) is 252 Å². The molecule has 0 radical (unpaired) electrons. The average molecular weight is 1110 g/mol. The van der Waals surface area contributed by atoms with Crippen molar-refractivity contribution in [1.29, 1.82) is 0 Å². The molecule has 0 aliphatic rings. The first-order valence-electron chi connectivity index (χ1n) is 32.3. The van der Waals surface area contributed by atoms with Gasteiger partial charge in [0, 0.05) is 12.8 Å². The second-order valence-electron chi connectivity index (χ2n) is 20.5. The van der Waals surface area contributed by atoms with Crippen LogP contribution in [0, 0.1) is 0 Å². The minimum atomic E-state index is -0.847. The van der Waals surface area contributed by atoms with Gasteiger partial charge in [-0.05, 0) is 135 Å². The third-order valence-electron chi connectivity index (χ3n) is 12.9. The monoisotopic (exact) mass is 1110 g/mol. The lowest BCUT2D eigenvalue weighted by molar-refractivity contribution is -0.166. The molecule has 0 heterocycles. The molecule has 0 saturated heterocycles. The number of hydrogen-bond donors (Lipinski definition) is 0. The Bertz CT molecular complexity index is 1900. The van der Waals surface area contributed by atoms with Crippen molar-refractivity contribution in [2.45, 2.75) is 258 Å². The predicted molar refractivity (Wildman–Crippen MR) is 352 cm³/mol. The maximum Gasteiger partial charge on any atom is 0.309 e. The van der Waals surface area contributed by atoms with Gasteiger partial charge in [-0.3, -0.25) is 14.4 Å². The third-order valence-corrected chi connectivity index (χ3v) is 12.9. The molecule has 452 valence electrons. The van der Waals surface area contributed by atoms with Crippen LogP contribution in [0.4, 0.5) is 0 Å². The Morgan fingerprint density at radius 3 is 0.815 bits per heavy atom. The molecule has 6 heteroatoms. The molecule has 0 N–H and O–H groups in total. The van der Waals surface area contributed by atoms with Gasteiger partial charge in [0.05, 0.1) is 6.42 Å². The van der Waals surface area contributed by atoms with Crippen LogP contribution in [0.2, 0.25) is 0 Å². The van der Waals surface area contributed by atoms with E-state index in [1.54, 1.807) is 6.08 Å². The van der Waals surface area contributed by atoms with Crippen molar-refractivity contribution in [3.05, 3.63) is 182 Å². The molecule has 6 nitrogen and oxygen atoms in total. The molecule has 1 atom stereocenters. The van der Waals surface area contributed by atoms with Crippen molar-refractivity contribution in [1.82, 2.24) is 0 Å². The van der Waals surface area contributed by atoms with Crippen LogP contribution in [-0.2, 0) is 28.6 Å². The van der Waals surface area contributed by atoms with Gasteiger partial charge in [0.1, 0.15) is 13.2 Å². The molecule has 0 aliphatic heterocycles. The summed E-state index contributed by atoms with van der Waals surface area (Å²) in [6, 6.07) is 0. The molecular formula is C75H116O6. The van der Waals surface area contributed by atoms with Crippen LogP contribution in [0.25, 0.3) is 0 Å². The summed E-state index contributed by atoms with van der Waals surface area (Å²) in [5.74, 6) is -1.10. The van der Waals surface area contributed by atoms with Gasteiger partial charge in [-0.1, -0.05) is 280 Å². The lowest BCUT2D eigenvalue weighted by atomic mass is 10.0. The molecule has 1 unspecified atom stereocenters. The van der Waals surface area contributed by atoms with E-state index < -0.39 is 12.1 Å². The van der Waals surface area contributed by atoms with E-state index in [2.05, 4.69) is 191 Å². The third kappa shape index (κ3) is 65.2. The van der Waals surface area contributed by atoms with Crippen molar-refractivity contribution in [3.63, 3.8) is 0 Å². The van der Waals surface area contributed by atoms with Gasteiger partial charge in [0.25, 0.3) is 0 Å². The first-order valence-corrected chi connectivity index (χ1v) is 32.3. The van der Waals surface area contributed by atoms with Crippen molar-refractivity contribution >= 4 is 17.9 Å². The highest BCUT2D eigenvalue weighted by atomic mass is 16.6. The number of carbonyl (C=O) groups is 3. The number of rotatable bonds is 56. The molecule has 0 aliphatic carbocycles. The summed E-state index contributed by atoms with van der Waals surface area (Å²) in [5, 5.41) is 0. The molecule has 0 bridgehead atoms. The summed E-state index contributed by atoms with van der Waals surface area (Å²) < 4.78 is 16.8.